The molecule has 0 bridgehead atoms. The molecule has 0 radical (unpaired) electrons. The lowest BCUT2D eigenvalue weighted by Crippen LogP contribution is -2.22. The molecule has 0 saturated carbocycles. The minimum Gasteiger partial charge on any atom is -0.283 e. The molecule has 0 saturated heterocycles. The molecule has 0 aliphatic rings. The van der Waals surface area contributed by atoms with Crippen molar-refractivity contribution in [1.29, 1.82) is 0 Å². The highest BCUT2D eigenvalue weighted by molar-refractivity contribution is 7.19. The van der Waals surface area contributed by atoms with Crippen LogP contribution in [-0.2, 0) is 19.6 Å². The first-order chi connectivity index (χ1) is 15.3. The SMILES string of the molecule is c1ccc2sc(CN(Cc3nc4ccccc4s3)Cc3nc4ccccc4s3)nc2c1. The summed E-state index contributed by atoms with van der Waals surface area (Å²) in [5.41, 5.74) is 3.22. The van der Waals surface area contributed by atoms with Crippen LogP contribution >= 0.6 is 34.0 Å². The number of hydrogen-bond donors (Lipinski definition) is 0. The fourth-order valence-corrected chi connectivity index (χ4v) is 6.73. The third-order valence-electron chi connectivity index (χ3n) is 5.09. The summed E-state index contributed by atoms with van der Waals surface area (Å²) in [6.45, 7) is 2.35. The predicted octanol–water partition coefficient (Wildman–Crippen LogP) is 6.72. The van der Waals surface area contributed by atoms with Gasteiger partial charge in [-0.05, 0) is 36.4 Å². The summed E-state index contributed by atoms with van der Waals surface area (Å²) in [5, 5.41) is 3.38. The van der Waals surface area contributed by atoms with Crippen LogP contribution in [0.3, 0.4) is 0 Å². The van der Waals surface area contributed by atoms with Gasteiger partial charge in [-0.2, -0.15) is 0 Å². The van der Waals surface area contributed by atoms with E-state index in [0.29, 0.717) is 0 Å². The van der Waals surface area contributed by atoms with Gasteiger partial charge in [-0.15, -0.1) is 34.0 Å². The lowest BCUT2D eigenvalue weighted by Gasteiger charge is -2.18. The fourth-order valence-electron chi connectivity index (χ4n) is 3.70. The first kappa shape index (κ1) is 19.0. The summed E-state index contributed by atoms with van der Waals surface area (Å²) in [7, 11) is 0. The van der Waals surface area contributed by atoms with Crippen LogP contribution < -0.4 is 0 Å². The predicted molar refractivity (Wildman–Crippen MR) is 132 cm³/mol. The number of aromatic nitrogens is 3. The Balaban J connectivity index is 1.32. The topological polar surface area (TPSA) is 41.9 Å². The number of rotatable bonds is 6. The minimum atomic E-state index is 0.783. The summed E-state index contributed by atoms with van der Waals surface area (Å²) in [5.74, 6) is 0. The first-order valence-corrected chi connectivity index (χ1v) is 12.5. The second kappa shape index (κ2) is 8.09. The van der Waals surface area contributed by atoms with E-state index < -0.39 is 0 Å². The second-order valence-corrected chi connectivity index (χ2v) is 10.7. The molecule has 0 unspecified atom stereocenters. The monoisotopic (exact) mass is 458 g/mol. The van der Waals surface area contributed by atoms with E-state index >= 15 is 0 Å². The lowest BCUT2D eigenvalue weighted by atomic mass is 10.3. The number of fused-ring (bicyclic) bond motifs is 3. The Morgan fingerprint density at radius 3 is 1.13 bits per heavy atom. The van der Waals surface area contributed by atoms with Gasteiger partial charge >= 0.3 is 0 Å². The highest BCUT2D eigenvalue weighted by Gasteiger charge is 2.16. The highest BCUT2D eigenvalue weighted by atomic mass is 32.1. The molecule has 152 valence electrons. The highest BCUT2D eigenvalue weighted by Crippen LogP contribution is 2.28. The molecule has 3 aromatic carbocycles. The maximum absolute atomic E-state index is 4.86. The maximum atomic E-state index is 4.86. The Labute approximate surface area is 191 Å². The summed E-state index contributed by atoms with van der Waals surface area (Å²) in [6.07, 6.45) is 0. The Bertz CT molecular complexity index is 1220. The average molecular weight is 459 g/mol. The number of thiazole rings is 3. The normalized spacial score (nSPS) is 11.9. The molecule has 0 amide bonds. The van der Waals surface area contributed by atoms with Gasteiger partial charge in [0.1, 0.15) is 15.0 Å². The zero-order chi connectivity index (χ0) is 20.6. The molecule has 6 rings (SSSR count). The largest absolute Gasteiger partial charge is 0.283 e. The quantitative estimate of drug-likeness (QED) is 0.278. The first-order valence-electron chi connectivity index (χ1n) is 10.1. The summed E-state index contributed by atoms with van der Waals surface area (Å²) < 4.78 is 3.70. The van der Waals surface area contributed by atoms with E-state index in [1.165, 1.54) is 14.1 Å². The van der Waals surface area contributed by atoms with Gasteiger partial charge in [-0.25, -0.2) is 15.0 Å². The summed E-state index contributed by atoms with van der Waals surface area (Å²) in [4.78, 5) is 17.0. The van der Waals surface area contributed by atoms with Crippen molar-refractivity contribution < 1.29 is 0 Å². The fraction of sp³-hybridized carbons (Fsp3) is 0.125. The number of para-hydroxylation sites is 3. The molecular formula is C24H18N4S3. The third kappa shape index (κ3) is 3.97. The zero-order valence-corrected chi connectivity index (χ0v) is 19.0. The molecule has 0 aliphatic heterocycles. The molecule has 7 heteroatoms. The average Bonchev–Trinajstić information content (AvgIpc) is 3.48. The van der Waals surface area contributed by atoms with E-state index in [9.17, 15) is 0 Å². The van der Waals surface area contributed by atoms with Crippen molar-refractivity contribution in [2.75, 3.05) is 0 Å². The Hall–Kier alpha value is -2.71. The number of nitrogens with zero attached hydrogens (tertiary/aromatic N) is 4. The van der Waals surface area contributed by atoms with Crippen LogP contribution in [0.1, 0.15) is 15.0 Å². The van der Waals surface area contributed by atoms with Crippen molar-refractivity contribution in [3.63, 3.8) is 0 Å². The zero-order valence-electron chi connectivity index (χ0n) is 16.6. The molecule has 0 N–H and O–H groups in total. The maximum Gasteiger partial charge on any atom is 0.108 e. The number of benzene rings is 3. The van der Waals surface area contributed by atoms with Crippen molar-refractivity contribution in [3.8, 4) is 0 Å². The van der Waals surface area contributed by atoms with Gasteiger partial charge < -0.3 is 0 Å². The van der Waals surface area contributed by atoms with Gasteiger partial charge in [-0.3, -0.25) is 4.90 Å². The standard InChI is InChI=1S/C24H18N4S3/c1-4-10-19-16(7-1)25-22(29-19)13-28(14-23-26-17-8-2-5-11-20(17)30-23)15-24-27-18-9-3-6-12-21(18)31-24/h1-12H,13-15H2. The van der Waals surface area contributed by atoms with Crippen LogP contribution in [-0.4, -0.2) is 19.9 Å². The Morgan fingerprint density at radius 2 is 0.806 bits per heavy atom. The molecule has 0 aliphatic carbocycles. The van der Waals surface area contributed by atoms with Gasteiger partial charge in [0.05, 0.1) is 50.3 Å². The molecular weight excluding hydrogens is 440 g/mol. The van der Waals surface area contributed by atoms with Crippen LogP contribution in [0.15, 0.2) is 72.8 Å². The molecule has 4 nitrogen and oxygen atoms in total. The second-order valence-electron chi connectivity index (χ2n) is 7.37. The van der Waals surface area contributed by atoms with Gasteiger partial charge in [0.2, 0.25) is 0 Å². The van der Waals surface area contributed by atoms with Crippen molar-refractivity contribution in [2.45, 2.75) is 19.6 Å². The smallest absolute Gasteiger partial charge is 0.108 e. The Morgan fingerprint density at radius 1 is 0.484 bits per heavy atom. The molecule has 31 heavy (non-hydrogen) atoms. The van der Waals surface area contributed by atoms with Crippen LogP contribution in [0, 0.1) is 0 Å². The van der Waals surface area contributed by atoms with Crippen molar-refractivity contribution in [2.24, 2.45) is 0 Å². The molecule has 6 aromatic rings. The van der Waals surface area contributed by atoms with Crippen molar-refractivity contribution in [1.82, 2.24) is 19.9 Å². The van der Waals surface area contributed by atoms with E-state index in [4.69, 9.17) is 15.0 Å². The van der Waals surface area contributed by atoms with Crippen LogP contribution in [0.2, 0.25) is 0 Å². The van der Waals surface area contributed by atoms with Crippen molar-refractivity contribution >= 4 is 64.7 Å². The van der Waals surface area contributed by atoms with Crippen LogP contribution in [0.4, 0.5) is 0 Å². The molecule has 0 spiro atoms. The van der Waals surface area contributed by atoms with Gasteiger partial charge in [-0.1, -0.05) is 36.4 Å². The summed E-state index contributed by atoms with van der Waals surface area (Å²) >= 11 is 5.31. The molecule has 3 aromatic heterocycles. The number of hydrogen-bond acceptors (Lipinski definition) is 7. The van der Waals surface area contributed by atoms with Gasteiger partial charge in [0.25, 0.3) is 0 Å². The van der Waals surface area contributed by atoms with E-state index in [-0.39, 0.29) is 0 Å². The lowest BCUT2D eigenvalue weighted by molar-refractivity contribution is 0.247. The third-order valence-corrected chi connectivity index (χ3v) is 8.15. The van der Waals surface area contributed by atoms with Crippen LogP contribution in [0.5, 0.6) is 0 Å². The summed E-state index contributed by atoms with van der Waals surface area (Å²) in [6, 6.07) is 25.0. The van der Waals surface area contributed by atoms with E-state index in [1.807, 2.05) is 18.2 Å². The molecule has 0 atom stereocenters. The molecule has 3 heterocycles. The van der Waals surface area contributed by atoms with Crippen LogP contribution in [0.25, 0.3) is 30.6 Å². The van der Waals surface area contributed by atoms with E-state index in [0.717, 1.165) is 51.2 Å². The van der Waals surface area contributed by atoms with Crippen molar-refractivity contribution in [3.05, 3.63) is 87.8 Å². The Kier molecular flexibility index (Phi) is 4.96. The minimum absolute atomic E-state index is 0.783. The van der Waals surface area contributed by atoms with Gasteiger partial charge in [0, 0.05) is 0 Å². The van der Waals surface area contributed by atoms with E-state index in [2.05, 4.69) is 59.5 Å². The molecule has 0 fully saturated rings. The van der Waals surface area contributed by atoms with E-state index in [1.54, 1.807) is 34.0 Å². The van der Waals surface area contributed by atoms with Gasteiger partial charge in [0.15, 0.2) is 0 Å².